The monoisotopic (exact) mass is 315 g/mol. The van der Waals surface area contributed by atoms with E-state index in [0.717, 1.165) is 4.47 Å². The summed E-state index contributed by atoms with van der Waals surface area (Å²) in [5, 5.41) is 3.09. The van der Waals surface area contributed by atoms with E-state index in [1.54, 1.807) is 24.3 Å². The zero-order chi connectivity index (χ0) is 12.4. The van der Waals surface area contributed by atoms with Crippen molar-refractivity contribution in [3.63, 3.8) is 0 Å². The summed E-state index contributed by atoms with van der Waals surface area (Å²) in [4.78, 5) is 3.99. The van der Waals surface area contributed by atoms with Gasteiger partial charge in [0.25, 0.3) is 0 Å². The van der Waals surface area contributed by atoms with Gasteiger partial charge in [-0.15, -0.1) is 0 Å². The Morgan fingerprint density at radius 3 is 2.82 bits per heavy atom. The molecule has 2 rings (SSSR count). The second kappa shape index (κ2) is 4.89. The molecule has 0 fully saturated rings. The fraction of sp³-hybridized carbons (Fsp3) is 0. The van der Waals surface area contributed by atoms with Crippen LogP contribution in [-0.4, -0.2) is 4.98 Å². The number of hydrogen-bond donors (Lipinski definition) is 2. The summed E-state index contributed by atoms with van der Waals surface area (Å²) in [6.07, 6.45) is 0. The molecule has 0 aliphatic heterocycles. The van der Waals surface area contributed by atoms with Crippen molar-refractivity contribution in [2.75, 3.05) is 11.1 Å². The first-order valence-electron chi connectivity index (χ1n) is 4.70. The summed E-state index contributed by atoms with van der Waals surface area (Å²) >= 11 is 9.00. The maximum absolute atomic E-state index is 13.5. The number of rotatable bonds is 2. The number of hydrogen-bond acceptors (Lipinski definition) is 3. The SMILES string of the molecule is Nc1ccc(Cl)nc1Nc1cc(Br)ccc1F. The fourth-order valence-corrected chi connectivity index (χ4v) is 1.78. The van der Waals surface area contributed by atoms with Crippen molar-refractivity contribution in [3.8, 4) is 0 Å². The van der Waals surface area contributed by atoms with Crippen LogP contribution < -0.4 is 11.1 Å². The number of anilines is 3. The average Bonchev–Trinajstić information content (AvgIpc) is 2.28. The topological polar surface area (TPSA) is 50.9 Å². The maximum atomic E-state index is 13.5. The summed E-state index contributed by atoms with van der Waals surface area (Å²) in [5.74, 6) is -0.0659. The van der Waals surface area contributed by atoms with Crippen molar-refractivity contribution in [1.82, 2.24) is 4.98 Å². The van der Waals surface area contributed by atoms with Crippen molar-refractivity contribution in [2.24, 2.45) is 0 Å². The minimum Gasteiger partial charge on any atom is -0.396 e. The fourth-order valence-electron chi connectivity index (χ4n) is 1.27. The van der Waals surface area contributed by atoms with Crippen LogP contribution in [0.1, 0.15) is 0 Å². The first-order chi connectivity index (χ1) is 8.06. The number of halogens is 3. The Bertz CT molecular complexity index is 513. The molecule has 1 heterocycles. The number of nitrogen functional groups attached to an aromatic ring is 1. The second-order valence-corrected chi connectivity index (χ2v) is 4.62. The number of nitrogens with one attached hydrogen (secondary N) is 1. The molecule has 0 saturated heterocycles. The highest BCUT2D eigenvalue weighted by atomic mass is 79.9. The lowest BCUT2D eigenvalue weighted by Gasteiger charge is -2.09. The van der Waals surface area contributed by atoms with Gasteiger partial charge in [0.1, 0.15) is 11.0 Å². The average molecular weight is 317 g/mol. The van der Waals surface area contributed by atoms with Gasteiger partial charge in [-0.2, -0.15) is 0 Å². The van der Waals surface area contributed by atoms with Crippen molar-refractivity contribution in [2.45, 2.75) is 0 Å². The van der Waals surface area contributed by atoms with Gasteiger partial charge in [0.2, 0.25) is 0 Å². The molecule has 0 radical (unpaired) electrons. The molecule has 6 heteroatoms. The third-order valence-corrected chi connectivity index (χ3v) is 2.78. The van der Waals surface area contributed by atoms with E-state index in [9.17, 15) is 4.39 Å². The Kier molecular flexibility index (Phi) is 3.49. The number of aromatic nitrogens is 1. The van der Waals surface area contributed by atoms with Gasteiger partial charge in [0, 0.05) is 4.47 Å². The Morgan fingerprint density at radius 2 is 2.06 bits per heavy atom. The number of benzene rings is 1. The van der Waals surface area contributed by atoms with E-state index in [1.807, 2.05) is 0 Å². The van der Waals surface area contributed by atoms with Gasteiger partial charge in [-0.25, -0.2) is 9.37 Å². The van der Waals surface area contributed by atoms with Crippen LogP contribution >= 0.6 is 27.5 Å². The Morgan fingerprint density at radius 1 is 1.29 bits per heavy atom. The number of nitrogens with two attached hydrogens (primary N) is 1. The Balaban J connectivity index is 2.37. The van der Waals surface area contributed by atoms with E-state index in [2.05, 4.69) is 26.2 Å². The molecule has 0 unspecified atom stereocenters. The predicted octanol–water partition coefficient (Wildman–Crippen LogP) is 3.96. The van der Waals surface area contributed by atoms with Crippen LogP contribution in [0.3, 0.4) is 0 Å². The summed E-state index contributed by atoms with van der Waals surface area (Å²) in [6.45, 7) is 0. The van der Waals surface area contributed by atoms with Crippen LogP contribution in [-0.2, 0) is 0 Å². The molecular weight excluding hydrogens is 308 g/mol. The zero-order valence-electron chi connectivity index (χ0n) is 8.55. The molecule has 0 aliphatic rings. The van der Waals surface area contributed by atoms with E-state index >= 15 is 0 Å². The summed E-state index contributed by atoms with van der Waals surface area (Å²) < 4.78 is 14.3. The molecule has 0 atom stereocenters. The number of pyridine rings is 1. The predicted molar refractivity (Wildman–Crippen MR) is 71.0 cm³/mol. The lowest BCUT2D eigenvalue weighted by molar-refractivity contribution is 0.631. The lowest BCUT2D eigenvalue weighted by atomic mass is 10.3. The molecule has 0 aliphatic carbocycles. The first-order valence-corrected chi connectivity index (χ1v) is 5.87. The first kappa shape index (κ1) is 12.1. The quantitative estimate of drug-likeness (QED) is 0.825. The molecule has 17 heavy (non-hydrogen) atoms. The Labute approximate surface area is 111 Å². The van der Waals surface area contributed by atoms with Crippen molar-refractivity contribution in [1.29, 1.82) is 0 Å². The smallest absolute Gasteiger partial charge is 0.155 e. The molecule has 0 amide bonds. The zero-order valence-corrected chi connectivity index (χ0v) is 10.9. The molecule has 2 aromatic rings. The van der Waals surface area contributed by atoms with Gasteiger partial charge in [-0.3, -0.25) is 0 Å². The van der Waals surface area contributed by atoms with Crippen molar-refractivity contribution in [3.05, 3.63) is 45.8 Å². The molecule has 1 aromatic heterocycles. The van der Waals surface area contributed by atoms with E-state index in [4.69, 9.17) is 17.3 Å². The van der Waals surface area contributed by atoms with E-state index in [0.29, 0.717) is 11.5 Å². The minimum atomic E-state index is -0.394. The number of nitrogens with zero attached hydrogens (tertiary/aromatic N) is 1. The molecule has 0 spiro atoms. The third-order valence-electron chi connectivity index (χ3n) is 2.07. The normalized spacial score (nSPS) is 10.3. The molecule has 3 nitrogen and oxygen atoms in total. The van der Waals surface area contributed by atoms with Gasteiger partial charge in [-0.1, -0.05) is 27.5 Å². The van der Waals surface area contributed by atoms with Crippen LogP contribution in [0.4, 0.5) is 21.6 Å². The van der Waals surface area contributed by atoms with Crippen LogP contribution in [0.5, 0.6) is 0 Å². The van der Waals surface area contributed by atoms with Crippen molar-refractivity contribution >= 4 is 44.7 Å². The second-order valence-electron chi connectivity index (χ2n) is 3.32. The largest absolute Gasteiger partial charge is 0.396 e. The molecule has 1 aromatic carbocycles. The summed E-state index contributed by atoms with van der Waals surface area (Å²) in [5.41, 5.74) is 6.38. The third kappa shape index (κ3) is 2.87. The van der Waals surface area contributed by atoms with Gasteiger partial charge < -0.3 is 11.1 Å². The molecule has 0 bridgehead atoms. The van der Waals surface area contributed by atoms with Gasteiger partial charge in [-0.05, 0) is 30.3 Å². The van der Waals surface area contributed by atoms with Crippen LogP contribution in [0, 0.1) is 5.82 Å². The molecular formula is C11H8BrClFN3. The van der Waals surface area contributed by atoms with Crippen LogP contribution in [0.2, 0.25) is 5.15 Å². The molecule has 0 saturated carbocycles. The summed E-state index contributed by atoms with van der Waals surface area (Å²) in [6, 6.07) is 7.71. The standard InChI is InChI=1S/C11H8BrClFN3/c12-6-1-2-7(14)9(5-6)16-11-8(15)3-4-10(13)17-11/h1-5H,15H2,(H,16,17). The van der Waals surface area contributed by atoms with Crippen LogP contribution in [0.25, 0.3) is 0 Å². The molecule has 88 valence electrons. The van der Waals surface area contributed by atoms with Crippen molar-refractivity contribution < 1.29 is 4.39 Å². The highest BCUT2D eigenvalue weighted by Crippen LogP contribution is 2.26. The van der Waals surface area contributed by atoms with E-state index < -0.39 is 5.82 Å². The summed E-state index contributed by atoms with van der Waals surface area (Å²) in [7, 11) is 0. The Hall–Kier alpha value is -1.33. The van der Waals surface area contributed by atoms with Crippen LogP contribution in [0.15, 0.2) is 34.8 Å². The van der Waals surface area contributed by atoms with Gasteiger partial charge in [0.15, 0.2) is 5.82 Å². The van der Waals surface area contributed by atoms with E-state index in [-0.39, 0.29) is 10.8 Å². The van der Waals surface area contributed by atoms with E-state index in [1.165, 1.54) is 6.07 Å². The van der Waals surface area contributed by atoms with Gasteiger partial charge in [0.05, 0.1) is 11.4 Å². The molecule has 3 N–H and O–H groups in total. The minimum absolute atomic E-state index is 0.279. The maximum Gasteiger partial charge on any atom is 0.155 e. The lowest BCUT2D eigenvalue weighted by Crippen LogP contribution is -2.00. The van der Waals surface area contributed by atoms with Gasteiger partial charge >= 0.3 is 0 Å². The highest BCUT2D eigenvalue weighted by Gasteiger charge is 2.07. The highest BCUT2D eigenvalue weighted by molar-refractivity contribution is 9.10.